The average Bonchev–Trinajstić information content (AvgIpc) is 2.36. The molecule has 2 aromatic rings. The lowest BCUT2D eigenvalue weighted by Crippen LogP contribution is -1.97. The van der Waals surface area contributed by atoms with Crippen LogP contribution in [0, 0.1) is 11.3 Å². The third kappa shape index (κ3) is 2.62. The van der Waals surface area contributed by atoms with Gasteiger partial charge in [-0.3, -0.25) is 0 Å². The molecule has 1 heterocycles. The molecule has 0 aliphatic carbocycles. The minimum absolute atomic E-state index is 0.0131. The number of benzene rings is 1. The molecule has 0 atom stereocenters. The molecule has 2 rings (SSSR count). The number of ether oxygens (including phenoxy) is 1. The van der Waals surface area contributed by atoms with Gasteiger partial charge in [0.25, 0.3) is 0 Å². The number of nitriles is 1. The van der Waals surface area contributed by atoms with E-state index in [1.165, 1.54) is 24.4 Å². The van der Waals surface area contributed by atoms with E-state index in [1.54, 1.807) is 0 Å². The van der Waals surface area contributed by atoms with E-state index in [0.717, 1.165) is 0 Å². The van der Waals surface area contributed by atoms with Crippen molar-refractivity contribution >= 4 is 28.9 Å². The Bertz CT molecular complexity index is 639. The monoisotopic (exact) mass is 280 g/mol. The summed E-state index contributed by atoms with van der Waals surface area (Å²) in [5, 5.41) is 9.33. The van der Waals surface area contributed by atoms with Crippen LogP contribution in [0.4, 0.5) is 5.69 Å². The first-order valence-corrected chi connectivity index (χ1v) is 5.51. The lowest BCUT2D eigenvalue weighted by atomic mass is 10.3. The molecule has 0 bridgehead atoms. The van der Waals surface area contributed by atoms with Gasteiger partial charge in [-0.2, -0.15) is 10.2 Å². The second kappa shape index (κ2) is 5.08. The molecular weight excluding hydrogens is 275 g/mol. The van der Waals surface area contributed by atoms with Crippen LogP contribution >= 0.6 is 23.2 Å². The van der Waals surface area contributed by atoms with E-state index < -0.39 is 0 Å². The van der Waals surface area contributed by atoms with E-state index in [2.05, 4.69) is 9.97 Å². The van der Waals surface area contributed by atoms with Crippen LogP contribution in [0.2, 0.25) is 10.0 Å². The number of nitrogen functional groups attached to an aromatic ring is 1. The molecule has 0 spiro atoms. The van der Waals surface area contributed by atoms with Crippen LogP contribution in [-0.4, -0.2) is 9.97 Å². The fourth-order valence-corrected chi connectivity index (χ4v) is 1.51. The zero-order chi connectivity index (χ0) is 13.1. The number of hydrogen-bond donors (Lipinski definition) is 1. The van der Waals surface area contributed by atoms with E-state index >= 15 is 0 Å². The Morgan fingerprint density at radius 2 is 2.00 bits per heavy atom. The molecule has 90 valence electrons. The number of halogens is 2. The molecule has 0 aliphatic heterocycles. The van der Waals surface area contributed by atoms with Gasteiger partial charge in [0.15, 0.2) is 5.75 Å². The van der Waals surface area contributed by atoms with Crippen molar-refractivity contribution in [3.05, 3.63) is 40.1 Å². The van der Waals surface area contributed by atoms with Crippen LogP contribution in [0.15, 0.2) is 24.4 Å². The van der Waals surface area contributed by atoms with Crippen LogP contribution < -0.4 is 10.5 Å². The summed E-state index contributed by atoms with van der Waals surface area (Å²) >= 11 is 11.6. The van der Waals surface area contributed by atoms with Gasteiger partial charge in [0.05, 0.1) is 15.7 Å². The lowest BCUT2D eigenvalue weighted by molar-refractivity contribution is 0.443. The third-order valence-corrected chi connectivity index (χ3v) is 2.72. The normalized spacial score (nSPS) is 9.83. The Kier molecular flexibility index (Phi) is 3.51. The van der Waals surface area contributed by atoms with Crippen molar-refractivity contribution in [2.45, 2.75) is 0 Å². The van der Waals surface area contributed by atoms with Crippen LogP contribution in [0.3, 0.4) is 0 Å². The third-order valence-electron chi connectivity index (χ3n) is 2.00. The Morgan fingerprint density at radius 3 is 2.72 bits per heavy atom. The van der Waals surface area contributed by atoms with Gasteiger partial charge < -0.3 is 10.5 Å². The fourth-order valence-electron chi connectivity index (χ4n) is 1.18. The van der Waals surface area contributed by atoms with Crippen LogP contribution in [0.25, 0.3) is 0 Å². The summed E-state index contributed by atoms with van der Waals surface area (Å²) in [6.07, 6.45) is 1.41. The van der Waals surface area contributed by atoms with Gasteiger partial charge in [-0.1, -0.05) is 23.2 Å². The highest BCUT2D eigenvalue weighted by Gasteiger charge is 2.09. The number of anilines is 1. The van der Waals surface area contributed by atoms with Gasteiger partial charge in [-0.05, 0) is 12.1 Å². The zero-order valence-corrected chi connectivity index (χ0v) is 10.4. The summed E-state index contributed by atoms with van der Waals surface area (Å²) in [6, 6.07) is 6.28. The summed E-state index contributed by atoms with van der Waals surface area (Å²) in [4.78, 5) is 7.71. The molecule has 1 aromatic heterocycles. The highest BCUT2D eigenvalue weighted by molar-refractivity contribution is 6.42. The number of rotatable bonds is 2. The maximum atomic E-state index is 8.70. The fraction of sp³-hybridized carbons (Fsp3) is 0. The molecular formula is C11H6Cl2N4O. The summed E-state index contributed by atoms with van der Waals surface area (Å²) < 4.78 is 5.35. The minimum Gasteiger partial charge on any atom is -0.422 e. The molecule has 0 saturated carbocycles. The van der Waals surface area contributed by atoms with Gasteiger partial charge >= 0.3 is 6.01 Å². The molecule has 0 unspecified atom stereocenters. The lowest BCUT2D eigenvalue weighted by Gasteiger charge is -2.08. The van der Waals surface area contributed by atoms with Crippen molar-refractivity contribution < 1.29 is 4.74 Å². The number of nitrogens with zero attached hydrogens (tertiary/aromatic N) is 3. The van der Waals surface area contributed by atoms with Crippen molar-refractivity contribution in [2.24, 2.45) is 0 Å². The molecule has 1 aromatic carbocycles. The molecule has 0 saturated heterocycles. The van der Waals surface area contributed by atoms with Crippen LogP contribution in [0.1, 0.15) is 5.69 Å². The molecule has 5 nitrogen and oxygen atoms in total. The summed E-state index contributed by atoms with van der Waals surface area (Å²) in [6.45, 7) is 0. The molecule has 0 radical (unpaired) electrons. The Balaban J connectivity index is 2.34. The highest BCUT2D eigenvalue weighted by atomic mass is 35.5. The maximum Gasteiger partial charge on any atom is 0.323 e. The number of hydrogen-bond acceptors (Lipinski definition) is 5. The van der Waals surface area contributed by atoms with Gasteiger partial charge in [0, 0.05) is 12.3 Å². The van der Waals surface area contributed by atoms with Gasteiger partial charge in [-0.15, -0.1) is 0 Å². The molecule has 7 heteroatoms. The predicted octanol–water partition coefficient (Wildman–Crippen LogP) is 3.03. The standard InChI is InChI=1S/C11H6Cl2N4O/c12-7-3-9(15)10(4-8(7)13)18-11-16-2-1-6(5-14)17-11/h1-4H,15H2. The largest absolute Gasteiger partial charge is 0.422 e. The second-order valence-corrected chi connectivity index (χ2v) is 4.06. The molecule has 0 amide bonds. The number of nitrogens with two attached hydrogens (primary N) is 1. The maximum absolute atomic E-state index is 8.70. The first-order chi connectivity index (χ1) is 8.60. The van der Waals surface area contributed by atoms with E-state index in [4.69, 9.17) is 38.9 Å². The van der Waals surface area contributed by atoms with Crippen molar-refractivity contribution in [3.8, 4) is 17.8 Å². The molecule has 2 N–H and O–H groups in total. The molecule has 18 heavy (non-hydrogen) atoms. The van der Waals surface area contributed by atoms with Crippen LogP contribution in [0.5, 0.6) is 11.8 Å². The van der Waals surface area contributed by atoms with Crippen molar-refractivity contribution in [3.63, 3.8) is 0 Å². The molecule has 0 aliphatic rings. The smallest absolute Gasteiger partial charge is 0.323 e. The van der Waals surface area contributed by atoms with Crippen molar-refractivity contribution in [2.75, 3.05) is 5.73 Å². The van der Waals surface area contributed by atoms with Gasteiger partial charge in [0.2, 0.25) is 0 Å². The van der Waals surface area contributed by atoms with E-state index in [-0.39, 0.29) is 17.5 Å². The van der Waals surface area contributed by atoms with E-state index in [0.29, 0.717) is 15.7 Å². The number of aromatic nitrogens is 2. The summed E-state index contributed by atoms with van der Waals surface area (Å²) in [5.74, 6) is 0.277. The quantitative estimate of drug-likeness (QED) is 0.855. The molecule has 0 fully saturated rings. The Labute approximate surface area is 113 Å². The predicted molar refractivity (Wildman–Crippen MR) is 67.7 cm³/mol. The van der Waals surface area contributed by atoms with E-state index in [1.807, 2.05) is 6.07 Å². The first-order valence-electron chi connectivity index (χ1n) is 4.75. The topological polar surface area (TPSA) is 84.8 Å². The van der Waals surface area contributed by atoms with Crippen molar-refractivity contribution in [1.29, 1.82) is 5.26 Å². The summed E-state index contributed by atoms with van der Waals surface area (Å²) in [5.41, 5.74) is 6.21. The van der Waals surface area contributed by atoms with Gasteiger partial charge in [0.1, 0.15) is 11.8 Å². The minimum atomic E-state index is 0.0131. The van der Waals surface area contributed by atoms with Crippen molar-refractivity contribution in [1.82, 2.24) is 9.97 Å². The highest BCUT2D eigenvalue weighted by Crippen LogP contribution is 2.34. The zero-order valence-electron chi connectivity index (χ0n) is 8.89. The summed E-state index contributed by atoms with van der Waals surface area (Å²) in [7, 11) is 0. The second-order valence-electron chi connectivity index (χ2n) is 3.24. The first kappa shape index (κ1) is 12.4. The van der Waals surface area contributed by atoms with Gasteiger partial charge in [-0.25, -0.2) is 4.98 Å². The Morgan fingerprint density at radius 1 is 1.28 bits per heavy atom. The van der Waals surface area contributed by atoms with E-state index in [9.17, 15) is 0 Å². The SMILES string of the molecule is N#Cc1ccnc(Oc2cc(Cl)c(Cl)cc2N)n1. The average molecular weight is 281 g/mol. The van der Waals surface area contributed by atoms with Crippen LogP contribution in [-0.2, 0) is 0 Å². The Hall–Kier alpha value is -2.03.